The molecule has 0 radical (unpaired) electrons. The zero-order valence-corrected chi connectivity index (χ0v) is 14.5. The predicted molar refractivity (Wildman–Crippen MR) is 99.0 cm³/mol. The lowest BCUT2D eigenvalue weighted by atomic mass is 10.0. The van der Waals surface area contributed by atoms with E-state index in [1.54, 1.807) is 17.4 Å². The standard InChI is InChI=1S/C18H16N2OS2/c1-12-5-7-15(13(2)10-12)16-11-23-18(19-16)20-17(21)8-6-14-4-3-9-22-14/h3-11H,1-2H3,(H,19,20,21). The quantitative estimate of drug-likeness (QED) is 0.668. The predicted octanol–water partition coefficient (Wildman–Crippen LogP) is 5.14. The van der Waals surface area contributed by atoms with Gasteiger partial charge in [0.05, 0.1) is 5.69 Å². The van der Waals surface area contributed by atoms with Gasteiger partial charge >= 0.3 is 0 Å². The van der Waals surface area contributed by atoms with Gasteiger partial charge < -0.3 is 0 Å². The van der Waals surface area contributed by atoms with Crippen LogP contribution in [0.2, 0.25) is 0 Å². The Labute approximate surface area is 143 Å². The van der Waals surface area contributed by atoms with E-state index in [0.29, 0.717) is 5.13 Å². The Hall–Kier alpha value is -2.24. The number of carbonyl (C=O) groups is 1. The van der Waals surface area contributed by atoms with Gasteiger partial charge in [-0.25, -0.2) is 4.98 Å². The summed E-state index contributed by atoms with van der Waals surface area (Å²) in [6.45, 7) is 4.15. The highest BCUT2D eigenvalue weighted by atomic mass is 32.1. The van der Waals surface area contributed by atoms with Crippen LogP contribution < -0.4 is 5.32 Å². The first-order valence-electron chi connectivity index (χ1n) is 7.17. The highest BCUT2D eigenvalue weighted by molar-refractivity contribution is 7.14. The number of nitrogens with one attached hydrogen (secondary N) is 1. The fraction of sp³-hybridized carbons (Fsp3) is 0.111. The summed E-state index contributed by atoms with van der Waals surface area (Å²) in [7, 11) is 0. The van der Waals surface area contributed by atoms with Crippen LogP contribution in [-0.4, -0.2) is 10.9 Å². The third-order valence-electron chi connectivity index (χ3n) is 3.33. The van der Waals surface area contributed by atoms with Gasteiger partial charge in [0, 0.05) is 21.9 Å². The van der Waals surface area contributed by atoms with Crippen LogP contribution in [0.1, 0.15) is 16.0 Å². The second-order valence-electron chi connectivity index (χ2n) is 5.19. The molecule has 23 heavy (non-hydrogen) atoms. The summed E-state index contributed by atoms with van der Waals surface area (Å²) < 4.78 is 0. The first-order valence-corrected chi connectivity index (χ1v) is 8.93. The molecule has 0 aliphatic heterocycles. The smallest absolute Gasteiger partial charge is 0.250 e. The number of anilines is 1. The zero-order chi connectivity index (χ0) is 16.2. The van der Waals surface area contributed by atoms with E-state index >= 15 is 0 Å². The minimum Gasteiger partial charge on any atom is -0.298 e. The molecule has 1 N–H and O–H groups in total. The minimum atomic E-state index is -0.167. The number of carbonyl (C=O) groups excluding carboxylic acids is 1. The summed E-state index contributed by atoms with van der Waals surface area (Å²) in [4.78, 5) is 17.5. The molecule has 0 fully saturated rings. The lowest BCUT2D eigenvalue weighted by molar-refractivity contribution is -0.111. The third kappa shape index (κ3) is 3.94. The number of amides is 1. The van der Waals surface area contributed by atoms with E-state index in [9.17, 15) is 4.79 Å². The van der Waals surface area contributed by atoms with Crippen LogP contribution in [0.25, 0.3) is 17.3 Å². The molecule has 116 valence electrons. The van der Waals surface area contributed by atoms with Crippen LogP contribution in [0.15, 0.2) is 47.2 Å². The number of thiazole rings is 1. The van der Waals surface area contributed by atoms with Gasteiger partial charge in [-0.1, -0.05) is 29.8 Å². The molecule has 0 atom stereocenters. The normalized spacial score (nSPS) is 11.0. The zero-order valence-electron chi connectivity index (χ0n) is 12.9. The van der Waals surface area contributed by atoms with Gasteiger partial charge in [-0.2, -0.15) is 0 Å². The van der Waals surface area contributed by atoms with Crippen LogP contribution in [-0.2, 0) is 4.79 Å². The fourth-order valence-electron chi connectivity index (χ4n) is 2.25. The van der Waals surface area contributed by atoms with Gasteiger partial charge in [0.2, 0.25) is 5.91 Å². The molecule has 0 bridgehead atoms. The van der Waals surface area contributed by atoms with Crippen molar-refractivity contribution in [2.45, 2.75) is 13.8 Å². The molecular weight excluding hydrogens is 324 g/mol. The number of hydrogen-bond donors (Lipinski definition) is 1. The highest BCUT2D eigenvalue weighted by Crippen LogP contribution is 2.28. The van der Waals surface area contributed by atoms with Crippen molar-refractivity contribution in [3.8, 4) is 11.3 Å². The molecule has 0 unspecified atom stereocenters. The summed E-state index contributed by atoms with van der Waals surface area (Å²) in [5.41, 5.74) is 4.41. The van der Waals surface area contributed by atoms with Crippen molar-refractivity contribution in [3.63, 3.8) is 0 Å². The van der Waals surface area contributed by atoms with E-state index in [-0.39, 0.29) is 5.91 Å². The van der Waals surface area contributed by atoms with Crippen molar-refractivity contribution in [1.82, 2.24) is 4.98 Å². The summed E-state index contributed by atoms with van der Waals surface area (Å²) in [5, 5.41) is 7.37. The molecule has 0 aliphatic rings. The fourth-order valence-corrected chi connectivity index (χ4v) is 3.58. The molecular formula is C18H16N2OS2. The van der Waals surface area contributed by atoms with E-state index in [0.717, 1.165) is 16.1 Å². The summed E-state index contributed by atoms with van der Waals surface area (Å²) >= 11 is 3.03. The van der Waals surface area contributed by atoms with Crippen LogP contribution in [0, 0.1) is 13.8 Å². The number of nitrogens with zero attached hydrogens (tertiary/aromatic N) is 1. The molecule has 1 amide bonds. The van der Waals surface area contributed by atoms with Gasteiger partial charge in [-0.3, -0.25) is 10.1 Å². The monoisotopic (exact) mass is 340 g/mol. The van der Waals surface area contributed by atoms with Gasteiger partial charge in [-0.05, 0) is 36.9 Å². The van der Waals surface area contributed by atoms with E-state index in [4.69, 9.17) is 0 Å². The third-order valence-corrected chi connectivity index (χ3v) is 4.93. The number of rotatable bonds is 4. The Bertz CT molecular complexity index is 848. The Morgan fingerprint density at radius 1 is 1.22 bits per heavy atom. The van der Waals surface area contributed by atoms with Crippen LogP contribution in [0.5, 0.6) is 0 Å². The van der Waals surface area contributed by atoms with Crippen molar-refractivity contribution in [3.05, 3.63) is 63.2 Å². The molecule has 1 aromatic carbocycles. The SMILES string of the molecule is Cc1ccc(-c2csc(NC(=O)C=Cc3cccs3)n2)c(C)c1. The molecule has 2 heterocycles. The van der Waals surface area contributed by atoms with Gasteiger partial charge in [0.15, 0.2) is 5.13 Å². The first-order chi connectivity index (χ1) is 11.1. The summed E-state index contributed by atoms with van der Waals surface area (Å²) in [6.07, 6.45) is 3.34. The molecule has 0 spiro atoms. The maximum absolute atomic E-state index is 11.9. The molecule has 5 heteroatoms. The maximum atomic E-state index is 11.9. The van der Waals surface area contributed by atoms with Crippen molar-refractivity contribution in [1.29, 1.82) is 0 Å². The average molecular weight is 340 g/mol. The van der Waals surface area contributed by atoms with E-state index in [2.05, 4.69) is 42.3 Å². The van der Waals surface area contributed by atoms with Gasteiger partial charge in [0.1, 0.15) is 0 Å². The number of aryl methyl sites for hydroxylation is 2. The Balaban J connectivity index is 1.71. The van der Waals surface area contributed by atoms with E-state index < -0.39 is 0 Å². The summed E-state index contributed by atoms with van der Waals surface area (Å²) in [6, 6.07) is 10.2. The largest absolute Gasteiger partial charge is 0.298 e. The van der Waals surface area contributed by atoms with E-state index in [1.165, 1.54) is 28.5 Å². The molecule has 2 aromatic heterocycles. The molecule has 3 rings (SSSR count). The van der Waals surface area contributed by atoms with Crippen molar-refractivity contribution in [2.75, 3.05) is 5.32 Å². The van der Waals surface area contributed by atoms with Crippen molar-refractivity contribution < 1.29 is 4.79 Å². The van der Waals surface area contributed by atoms with E-state index in [1.807, 2.05) is 22.9 Å². The van der Waals surface area contributed by atoms with Crippen molar-refractivity contribution in [2.24, 2.45) is 0 Å². The molecule has 0 saturated carbocycles. The first kappa shape index (κ1) is 15.6. The number of hydrogen-bond acceptors (Lipinski definition) is 4. The lowest BCUT2D eigenvalue weighted by Gasteiger charge is -2.03. The number of benzene rings is 1. The van der Waals surface area contributed by atoms with Gasteiger partial charge in [-0.15, -0.1) is 22.7 Å². The topological polar surface area (TPSA) is 42.0 Å². The van der Waals surface area contributed by atoms with Crippen LogP contribution in [0.4, 0.5) is 5.13 Å². The molecule has 3 aromatic rings. The average Bonchev–Trinajstić information content (AvgIpc) is 3.17. The second kappa shape index (κ2) is 6.89. The Morgan fingerprint density at radius 2 is 2.09 bits per heavy atom. The number of aromatic nitrogens is 1. The molecule has 0 aliphatic carbocycles. The van der Waals surface area contributed by atoms with Crippen LogP contribution >= 0.6 is 22.7 Å². The highest BCUT2D eigenvalue weighted by Gasteiger charge is 2.08. The van der Waals surface area contributed by atoms with Crippen molar-refractivity contribution >= 4 is 39.8 Å². The van der Waals surface area contributed by atoms with Gasteiger partial charge in [0.25, 0.3) is 0 Å². The lowest BCUT2D eigenvalue weighted by Crippen LogP contribution is -2.07. The Kier molecular flexibility index (Phi) is 4.69. The van der Waals surface area contributed by atoms with Crippen LogP contribution in [0.3, 0.4) is 0 Å². The molecule has 3 nitrogen and oxygen atoms in total. The Morgan fingerprint density at radius 3 is 2.83 bits per heavy atom. The maximum Gasteiger partial charge on any atom is 0.250 e. The summed E-state index contributed by atoms with van der Waals surface area (Å²) in [5.74, 6) is -0.167. The second-order valence-corrected chi connectivity index (χ2v) is 7.03. The minimum absolute atomic E-state index is 0.167. The number of thiophene rings is 1. The molecule has 0 saturated heterocycles.